The molecule has 4 aromatic rings. The van der Waals surface area contributed by atoms with Crippen molar-refractivity contribution in [2.24, 2.45) is 0 Å². The summed E-state index contributed by atoms with van der Waals surface area (Å²) in [5, 5.41) is 11.5. The zero-order chi connectivity index (χ0) is 20.8. The molecule has 4 heteroatoms. The molecule has 1 aromatic heterocycles. The van der Waals surface area contributed by atoms with Crippen LogP contribution in [0, 0.1) is 0 Å². The molecule has 3 aromatic carbocycles. The van der Waals surface area contributed by atoms with E-state index in [1.165, 1.54) is 16.3 Å². The average Bonchev–Trinajstić information content (AvgIpc) is 3.26. The molecule has 1 heterocycles. The van der Waals surface area contributed by atoms with E-state index in [-0.39, 0.29) is 6.42 Å². The normalized spacial score (nSPS) is 10.9. The van der Waals surface area contributed by atoms with Crippen LogP contribution in [-0.4, -0.2) is 22.2 Å². The number of fused-ring (bicyclic) bond motifs is 1. The number of hydrogen-bond donors (Lipinski definition) is 1. The molecule has 0 saturated carbocycles. The molecular formula is C26H25NO3. The molecule has 0 spiro atoms. The van der Waals surface area contributed by atoms with Gasteiger partial charge in [0.05, 0.1) is 6.61 Å². The molecular weight excluding hydrogens is 374 g/mol. The molecule has 0 unspecified atom stereocenters. The second-order valence-corrected chi connectivity index (χ2v) is 7.47. The van der Waals surface area contributed by atoms with Crippen molar-refractivity contribution in [1.29, 1.82) is 0 Å². The minimum Gasteiger partial charge on any atom is -0.493 e. The van der Waals surface area contributed by atoms with Crippen LogP contribution in [0.4, 0.5) is 0 Å². The van der Waals surface area contributed by atoms with Crippen LogP contribution in [0.3, 0.4) is 0 Å². The van der Waals surface area contributed by atoms with Gasteiger partial charge in [-0.25, -0.2) is 0 Å². The summed E-state index contributed by atoms with van der Waals surface area (Å²) in [6.45, 7) is 1.30. The van der Waals surface area contributed by atoms with Crippen molar-refractivity contribution in [3.63, 3.8) is 0 Å². The lowest BCUT2D eigenvalue weighted by atomic mass is 10.0. The second kappa shape index (κ2) is 9.31. The largest absolute Gasteiger partial charge is 0.493 e. The van der Waals surface area contributed by atoms with Crippen LogP contribution >= 0.6 is 0 Å². The summed E-state index contributed by atoms with van der Waals surface area (Å²) in [7, 11) is 0. The Morgan fingerprint density at radius 2 is 1.60 bits per heavy atom. The van der Waals surface area contributed by atoms with E-state index in [2.05, 4.69) is 34.9 Å². The number of nitrogens with zero attached hydrogens (tertiary/aromatic N) is 1. The van der Waals surface area contributed by atoms with Gasteiger partial charge >= 0.3 is 5.97 Å². The van der Waals surface area contributed by atoms with Crippen LogP contribution < -0.4 is 4.74 Å². The third kappa shape index (κ3) is 5.09. The Balaban J connectivity index is 1.47. The summed E-state index contributed by atoms with van der Waals surface area (Å²) < 4.78 is 8.25. The van der Waals surface area contributed by atoms with Crippen molar-refractivity contribution in [2.75, 3.05) is 6.61 Å². The lowest BCUT2D eigenvalue weighted by molar-refractivity contribution is -0.136. The zero-order valence-corrected chi connectivity index (χ0v) is 16.8. The molecule has 152 valence electrons. The van der Waals surface area contributed by atoms with Gasteiger partial charge in [0.2, 0.25) is 0 Å². The first-order valence-corrected chi connectivity index (χ1v) is 10.2. The molecule has 0 fully saturated rings. The van der Waals surface area contributed by atoms with Crippen molar-refractivity contribution in [3.8, 4) is 5.75 Å². The first-order valence-electron chi connectivity index (χ1n) is 10.2. The van der Waals surface area contributed by atoms with Crippen molar-refractivity contribution >= 4 is 16.7 Å². The van der Waals surface area contributed by atoms with E-state index in [1.807, 2.05) is 54.9 Å². The smallest absolute Gasteiger partial charge is 0.303 e. The Hall–Kier alpha value is -3.53. The molecule has 4 nitrogen and oxygen atoms in total. The molecule has 4 rings (SSSR count). The summed E-state index contributed by atoms with van der Waals surface area (Å²) in [5.74, 6) is -0.0183. The number of rotatable bonds is 9. The summed E-state index contributed by atoms with van der Waals surface area (Å²) in [4.78, 5) is 11.0. The second-order valence-electron chi connectivity index (χ2n) is 7.47. The van der Waals surface area contributed by atoms with Crippen molar-refractivity contribution < 1.29 is 14.6 Å². The van der Waals surface area contributed by atoms with Gasteiger partial charge in [0.1, 0.15) is 5.75 Å². The number of carboxylic acids is 1. The number of hydrogen-bond acceptors (Lipinski definition) is 2. The van der Waals surface area contributed by atoms with E-state index in [4.69, 9.17) is 9.84 Å². The van der Waals surface area contributed by atoms with Crippen LogP contribution in [0.5, 0.6) is 5.75 Å². The number of aryl methyl sites for hydroxylation is 1. The highest BCUT2D eigenvalue weighted by molar-refractivity contribution is 5.83. The molecule has 0 bridgehead atoms. The van der Waals surface area contributed by atoms with Gasteiger partial charge in [-0.05, 0) is 52.1 Å². The topological polar surface area (TPSA) is 51.5 Å². The van der Waals surface area contributed by atoms with Gasteiger partial charge in [-0.15, -0.1) is 0 Å². The quantitative estimate of drug-likeness (QED) is 0.414. The minimum atomic E-state index is -0.798. The minimum absolute atomic E-state index is 0.0952. The molecule has 1 N–H and O–H groups in total. The van der Waals surface area contributed by atoms with Gasteiger partial charge in [0.25, 0.3) is 0 Å². The summed E-state index contributed by atoms with van der Waals surface area (Å²) in [6.07, 6.45) is 5.41. The first kappa shape index (κ1) is 19.8. The Bertz CT molecular complexity index is 1130. The third-order valence-corrected chi connectivity index (χ3v) is 5.23. The van der Waals surface area contributed by atoms with Crippen LogP contribution in [0.15, 0.2) is 85.2 Å². The van der Waals surface area contributed by atoms with Gasteiger partial charge < -0.3 is 14.4 Å². The Morgan fingerprint density at radius 3 is 2.40 bits per heavy atom. The fraction of sp³-hybridized carbons (Fsp3) is 0.192. The molecule has 0 aliphatic rings. The highest BCUT2D eigenvalue weighted by Crippen LogP contribution is 2.24. The van der Waals surface area contributed by atoms with Gasteiger partial charge in [-0.1, -0.05) is 54.6 Å². The van der Waals surface area contributed by atoms with Gasteiger partial charge in [0, 0.05) is 31.8 Å². The van der Waals surface area contributed by atoms with E-state index in [0.29, 0.717) is 13.0 Å². The lowest BCUT2D eigenvalue weighted by Crippen LogP contribution is -2.06. The summed E-state index contributed by atoms with van der Waals surface area (Å²) in [6, 6.07) is 24.9. The number of benzene rings is 3. The van der Waals surface area contributed by atoms with E-state index in [9.17, 15) is 4.79 Å². The molecule has 0 saturated heterocycles. The number of carbonyl (C=O) groups is 1. The first-order chi connectivity index (χ1) is 14.7. The third-order valence-electron chi connectivity index (χ3n) is 5.23. The maximum Gasteiger partial charge on any atom is 0.303 e. The monoisotopic (exact) mass is 399 g/mol. The maximum atomic E-state index is 11.0. The summed E-state index contributed by atoms with van der Waals surface area (Å²) in [5.41, 5.74) is 3.29. The predicted octanol–water partition coefficient (Wildman–Crippen LogP) is 5.33. The molecule has 0 aliphatic carbocycles. The Morgan fingerprint density at radius 1 is 0.833 bits per heavy atom. The number of ether oxygens (including phenoxy) is 1. The van der Waals surface area contributed by atoms with Crippen LogP contribution in [-0.2, 0) is 24.2 Å². The van der Waals surface area contributed by atoms with Crippen molar-refractivity contribution in [1.82, 2.24) is 4.57 Å². The van der Waals surface area contributed by atoms with E-state index in [0.717, 1.165) is 29.8 Å². The zero-order valence-electron chi connectivity index (χ0n) is 16.8. The number of aromatic nitrogens is 1. The van der Waals surface area contributed by atoms with Gasteiger partial charge in [-0.3, -0.25) is 4.79 Å². The van der Waals surface area contributed by atoms with E-state index < -0.39 is 5.97 Å². The number of carboxylic acid groups (broad SMARTS) is 1. The Kier molecular flexibility index (Phi) is 6.14. The lowest BCUT2D eigenvalue weighted by Gasteiger charge is -2.14. The molecule has 0 atom stereocenters. The standard InChI is InChI=1S/C26H25NO3/c28-26(29)12-11-23-10-8-21(19-27-14-3-4-15-27)18-25(23)30-16-13-20-7-9-22-5-1-2-6-24(22)17-20/h1-10,14-15,17-18H,11-13,16,19H2,(H,28,29). The molecule has 30 heavy (non-hydrogen) atoms. The van der Waals surface area contributed by atoms with E-state index >= 15 is 0 Å². The molecule has 0 amide bonds. The highest BCUT2D eigenvalue weighted by Gasteiger charge is 2.09. The van der Waals surface area contributed by atoms with Crippen molar-refractivity contribution in [3.05, 3.63) is 102 Å². The predicted molar refractivity (Wildman–Crippen MR) is 119 cm³/mol. The van der Waals surface area contributed by atoms with Crippen LogP contribution in [0.2, 0.25) is 0 Å². The van der Waals surface area contributed by atoms with Crippen LogP contribution in [0.25, 0.3) is 10.8 Å². The molecule has 0 radical (unpaired) electrons. The van der Waals surface area contributed by atoms with Gasteiger partial charge in [-0.2, -0.15) is 0 Å². The SMILES string of the molecule is O=C(O)CCc1ccc(Cn2cccc2)cc1OCCc1ccc2ccccc2c1. The van der Waals surface area contributed by atoms with E-state index in [1.54, 1.807) is 0 Å². The highest BCUT2D eigenvalue weighted by atomic mass is 16.5. The fourth-order valence-electron chi connectivity index (χ4n) is 3.64. The molecule has 0 aliphatic heterocycles. The average molecular weight is 399 g/mol. The van der Waals surface area contributed by atoms with Gasteiger partial charge in [0.15, 0.2) is 0 Å². The number of aliphatic carboxylic acids is 1. The van der Waals surface area contributed by atoms with Crippen LogP contribution in [0.1, 0.15) is 23.1 Å². The fourth-order valence-corrected chi connectivity index (χ4v) is 3.64. The maximum absolute atomic E-state index is 11.0. The van der Waals surface area contributed by atoms with Crippen molar-refractivity contribution in [2.45, 2.75) is 25.8 Å². The Labute approximate surface area is 176 Å². The summed E-state index contributed by atoms with van der Waals surface area (Å²) >= 11 is 0.